The molecule has 0 saturated carbocycles. The second kappa shape index (κ2) is 7.37. The number of carbonyl (C=O) groups excluding carboxylic acids is 1. The molecule has 1 aromatic carbocycles. The summed E-state index contributed by atoms with van der Waals surface area (Å²) in [5.74, 6) is -1.02. The number of benzene rings is 1. The molecule has 0 aliphatic heterocycles. The molecular formula is C14H20N2O4. The fourth-order valence-electron chi connectivity index (χ4n) is 1.69. The number of nitrogens with zero attached hydrogens (tertiary/aromatic N) is 1. The van der Waals surface area contributed by atoms with E-state index in [4.69, 9.17) is 9.84 Å². The van der Waals surface area contributed by atoms with Gasteiger partial charge in [-0.3, -0.25) is 9.59 Å². The largest absolute Gasteiger partial charge is 0.495 e. The summed E-state index contributed by atoms with van der Waals surface area (Å²) >= 11 is 0. The first-order chi connectivity index (χ1) is 9.45. The minimum absolute atomic E-state index is 0.0865. The Morgan fingerprint density at radius 3 is 2.65 bits per heavy atom. The molecule has 6 nitrogen and oxygen atoms in total. The predicted molar refractivity (Wildman–Crippen MR) is 75.9 cm³/mol. The average molecular weight is 280 g/mol. The molecule has 0 aromatic heterocycles. The minimum Gasteiger partial charge on any atom is -0.495 e. The lowest BCUT2D eigenvalue weighted by atomic mass is 10.2. The molecule has 20 heavy (non-hydrogen) atoms. The second-order valence-electron chi connectivity index (χ2n) is 4.57. The minimum atomic E-state index is -0.915. The average Bonchev–Trinajstić information content (AvgIpc) is 2.44. The zero-order valence-corrected chi connectivity index (χ0v) is 11.9. The summed E-state index contributed by atoms with van der Waals surface area (Å²) in [7, 11) is 3.15. The maximum atomic E-state index is 11.9. The first-order valence-electron chi connectivity index (χ1n) is 6.29. The molecule has 0 radical (unpaired) electrons. The Morgan fingerprint density at radius 1 is 1.40 bits per heavy atom. The van der Waals surface area contributed by atoms with Gasteiger partial charge in [0, 0.05) is 13.6 Å². The molecule has 0 aliphatic carbocycles. The summed E-state index contributed by atoms with van der Waals surface area (Å²) in [4.78, 5) is 24.1. The molecule has 0 fully saturated rings. The van der Waals surface area contributed by atoms with Crippen molar-refractivity contribution in [2.75, 3.05) is 32.6 Å². The molecule has 0 bridgehead atoms. The van der Waals surface area contributed by atoms with Crippen LogP contribution in [0, 0.1) is 5.92 Å². The fraction of sp³-hybridized carbons (Fsp3) is 0.429. The molecule has 0 heterocycles. The molecule has 0 spiro atoms. The van der Waals surface area contributed by atoms with Gasteiger partial charge in [0.25, 0.3) is 0 Å². The summed E-state index contributed by atoms with van der Waals surface area (Å²) in [6.45, 7) is 1.84. The summed E-state index contributed by atoms with van der Waals surface area (Å²) < 4.78 is 5.17. The highest BCUT2D eigenvalue weighted by Gasteiger charge is 2.17. The maximum absolute atomic E-state index is 11.9. The lowest BCUT2D eigenvalue weighted by Crippen LogP contribution is -2.37. The lowest BCUT2D eigenvalue weighted by molar-refractivity contribution is -0.142. The van der Waals surface area contributed by atoms with E-state index < -0.39 is 11.9 Å². The molecule has 1 aromatic rings. The van der Waals surface area contributed by atoms with Gasteiger partial charge < -0.3 is 20.1 Å². The third-order valence-electron chi connectivity index (χ3n) is 2.93. The Balaban J connectivity index is 2.52. The number of ether oxygens (including phenoxy) is 1. The van der Waals surface area contributed by atoms with Crippen molar-refractivity contribution in [3.63, 3.8) is 0 Å². The molecule has 6 heteroatoms. The Bertz CT molecular complexity index is 476. The summed E-state index contributed by atoms with van der Waals surface area (Å²) in [6, 6.07) is 7.28. The number of hydrogen-bond donors (Lipinski definition) is 2. The van der Waals surface area contributed by atoms with Crippen LogP contribution in [0.4, 0.5) is 5.69 Å². The van der Waals surface area contributed by atoms with Crippen molar-refractivity contribution < 1.29 is 19.4 Å². The topological polar surface area (TPSA) is 78.9 Å². The van der Waals surface area contributed by atoms with E-state index >= 15 is 0 Å². The van der Waals surface area contributed by atoms with E-state index in [1.165, 1.54) is 4.90 Å². The summed E-state index contributed by atoms with van der Waals surface area (Å²) in [5.41, 5.74) is 0.725. The van der Waals surface area contributed by atoms with Crippen molar-refractivity contribution in [2.45, 2.75) is 6.92 Å². The third kappa shape index (κ3) is 4.46. The molecule has 1 rings (SSSR count). The van der Waals surface area contributed by atoms with Crippen LogP contribution in [0.3, 0.4) is 0 Å². The van der Waals surface area contributed by atoms with Gasteiger partial charge in [-0.2, -0.15) is 0 Å². The van der Waals surface area contributed by atoms with Crippen molar-refractivity contribution in [3.05, 3.63) is 24.3 Å². The number of nitrogens with one attached hydrogen (secondary N) is 1. The van der Waals surface area contributed by atoms with Gasteiger partial charge in [0.05, 0.1) is 25.3 Å². The molecule has 110 valence electrons. The van der Waals surface area contributed by atoms with Crippen LogP contribution in [0.2, 0.25) is 0 Å². The van der Waals surface area contributed by atoms with Gasteiger partial charge in [0.2, 0.25) is 5.91 Å². The van der Waals surface area contributed by atoms with Crippen LogP contribution >= 0.6 is 0 Å². The summed E-state index contributed by atoms with van der Waals surface area (Å²) in [5, 5.41) is 11.8. The van der Waals surface area contributed by atoms with Crippen molar-refractivity contribution >= 4 is 17.6 Å². The highest BCUT2D eigenvalue weighted by Crippen LogP contribution is 2.22. The zero-order chi connectivity index (χ0) is 15.1. The van der Waals surface area contributed by atoms with Crippen molar-refractivity contribution in [1.82, 2.24) is 4.90 Å². The second-order valence-corrected chi connectivity index (χ2v) is 4.57. The Morgan fingerprint density at radius 2 is 2.05 bits per heavy atom. The summed E-state index contributed by atoms with van der Waals surface area (Å²) in [6.07, 6.45) is 0. The van der Waals surface area contributed by atoms with E-state index in [1.807, 2.05) is 18.2 Å². The van der Waals surface area contributed by atoms with Gasteiger partial charge in [-0.25, -0.2) is 0 Å². The molecule has 0 saturated heterocycles. The van der Waals surface area contributed by atoms with Gasteiger partial charge in [0.1, 0.15) is 5.75 Å². The van der Waals surface area contributed by atoms with Crippen LogP contribution in [-0.4, -0.2) is 49.1 Å². The smallest absolute Gasteiger partial charge is 0.308 e. The molecule has 1 amide bonds. The SMILES string of the molecule is COc1ccccc1NCC(=O)N(C)CC(C)C(=O)O. The molecule has 1 atom stereocenters. The number of carbonyl (C=O) groups is 2. The van der Waals surface area contributed by atoms with E-state index in [0.29, 0.717) is 5.75 Å². The highest BCUT2D eigenvalue weighted by atomic mass is 16.5. The number of para-hydroxylation sites is 2. The Kier molecular flexibility index (Phi) is 5.83. The normalized spacial score (nSPS) is 11.6. The molecular weight excluding hydrogens is 260 g/mol. The van der Waals surface area contributed by atoms with E-state index in [1.54, 1.807) is 27.1 Å². The maximum Gasteiger partial charge on any atom is 0.308 e. The van der Waals surface area contributed by atoms with Crippen LogP contribution in [0.25, 0.3) is 0 Å². The number of amides is 1. The van der Waals surface area contributed by atoms with Crippen LogP contribution in [0.15, 0.2) is 24.3 Å². The lowest BCUT2D eigenvalue weighted by Gasteiger charge is -2.20. The third-order valence-corrected chi connectivity index (χ3v) is 2.93. The number of rotatable bonds is 7. The van der Waals surface area contributed by atoms with Gasteiger partial charge in [-0.15, -0.1) is 0 Å². The zero-order valence-electron chi connectivity index (χ0n) is 11.9. The van der Waals surface area contributed by atoms with Crippen LogP contribution < -0.4 is 10.1 Å². The van der Waals surface area contributed by atoms with Gasteiger partial charge in [-0.1, -0.05) is 19.1 Å². The van der Waals surface area contributed by atoms with Crippen LogP contribution in [-0.2, 0) is 9.59 Å². The number of carboxylic acid groups (broad SMARTS) is 1. The highest BCUT2D eigenvalue weighted by molar-refractivity contribution is 5.81. The monoisotopic (exact) mass is 280 g/mol. The van der Waals surface area contributed by atoms with Crippen molar-refractivity contribution in [3.8, 4) is 5.75 Å². The van der Waals surface area contributed by atoms with Crippen LogP contribution in [0.5, 0.6) is 5.75 Å². The fourth-order valence-corrected chi connectivity index (χ4v) is 1.69. The van der Waals surface area contributed by atoms with Crippen molar-refractivity contribution in [2.24, 2.45) is 5.92 Å². The number of methoxy groups -OCH3 is 1. The predicted octanol–water partition coefficient (Wildman–Crippen LogP) is 1.29. The number of hydrogen-bond acceptors (Lipinski definition) is 4. The number of anilines is 1. The van der Waals surface area contributed by atoms with Gasteiger partial charge in [0.15, 0.2) is 0 Å². The molecule has 1 unspecified atom stereocenters. The van der Waals surface area contributed by atoms with Gasteiger partial charge >= 0.3 is 5.97 Å². The van der Waals surface area contributed by atoms with E-state index in [9.17, 15) is 9.59 Å². The Hall–Kier alpha value is -2.24. The van der Waals surface area contributed by atoms with E-state index in [-0.39, 0.29) is 19.0 Å². The number of likely N-dealkylation sites (N-methyl/N-ethyl adjacent to an activating group) is 1. The Labute approximate surface area is 118 Å². The first-order valence-corrected chi connectivity index (χ1v) is 6.29. The van der Waals surface area contributed by atoms with Crippen molar-refractivity contribution in [1.29, 1.82) is 0 Å². The standard InChI is InChI=1S/C14H20N2O4/c1-10(14(18)19)9-16(2)13(17)8-15-11-6-4-5-7-12(11)20-3/h4-7,10,15H,8-9H2,1-3H3,(H,18,19). The van der Waals surface area contributed by atoms with E-state index in [2.05, 4.69) is 5.32 Å². The quantitative estimate of drug-likeness (QED) is 0.786. The van der Waals surface area contributed by atoms with Crippen LogP contribution in [0.1, 0.15) is 6.92 Å². The number of carboxylic acids is 1. The number of aliphatic carboxylic acids is 1. The van der Waals surface area contributed by atoms with E-state index in [0.717, 1.165) is 5.69 Å². The molecule has 2 N–H and O–H groups in total. The van der Waals surface area contributed by atoms with Gasteiger partial charge in [-0.05, 0) is 12.1 Å². The molecule has 0 aliphatic rings. The first kappa shape index (κ1) is 15.8.